The number of esters is 1. The predicted octanol–water partition coefficient (Wildman–Crippen LogP) is 2.48. The quantitative estimate of drug-likeness (QED) is 0.627. The largest absolute Gasteiger partial charge is 0.451 e. The minimum atomic E-state index is -0.600. The Kier molecular flexibility index (Phi) is 8.13. The fourth-order valence-corrected chi connectivity index (χ4v) is 3.31. The molecule has 1 aromatic carbocycles. The summed E-state index contributed by atoms with van der Waals surface area (Å²) >= 11 is 1.23. The summed E-state index contributed by atoms with van der Waals surface area (Å²) < 4.78 is 5.06. The van der Waals surface area contributed by atoms with E-state index < -0.39 is 18.5 Å². The zero-order valence-corrected chi connectivity index (χ0v) is 17.1. The summed E-state index contributed by atoms with van der Waals surface area (Å²) in [6.45, 7) is 5.72. The lowest BCUT2D eigenvalue weighted by Gasteiger charge is -2.06. The van der Waals surface area contributed by atoms with E-state index in [0.29, 0.717) is 17.1 Å². The van der Waals surface area contributed by atoms with Gasteiger partial charge in [-0.15, -0.1) is 11.3 Å². The number of nitrogens with one attached hydrogen (secondary N) is 2. The first-order valence-corrected chi connectivity index (χ1v) is 10.0. The fourth-order valence-electron chi connectivity index (χ4n) is 2.35. The van der Waals surface area contributed by atoms with E-state index in [1.807, 2.05) is 31.2 Å². The monoisotopic (exact) mass is 403 g/mol. The first kappa shape index (κ1) is 21.6. The normalized spacial score (nSPS) is 10.4. The molecule has 0 aliphatic carbocycles. The molecule has 0 aliphatic heterocycles. The molecule has 0 atom stereocenters. The molecule has 8 heteroatoms. The second kappa shape index (κ2) is 10.6. The molecule has 2 amide bonds. The molecular formula is C20H25N3O4S. The van der Waals surface area contributed by atoms with Crippen molar-refractivity contribution in [2.24, 2.45) is 0 Å². The Bertz CT molecular complexity index is 830. The van der Waals surface area contributed by atoms with Crippen LogP contribution in [0.5, 0.6) is 0 Å². The minimum Gasteiger partial charge on any atom is -0.451 e. The highest BCUT2D eigenvalue weighted by atomic mass is 32.1. The standard InChI is InChI=1S/C20H25N3O4S/c1-4-10-21-16(24)11-22-17(25)12-27-20(26)18-13(3)23-19(28-18)15-8-6-14(5-2)7-9-15/h6-9H,4-5,10-12H2,1-3H3,(H,21,24)(H,22,25). The molecule has 1 heterocycles. The maximum Gasteiger partial charge on any atom is 0.350 e. The molecule has 2 aromatic rings. The van der Waals surface area contributed by atoms with Gasteiger partial charge in [-0.3, -0.25) is 9.59 Å². The van der Waals surface area contributed by atoms with Crippen LogP contribution >= 0.6 is 11.3 Å². The average molecular weight is 404 g/mol. The first-order valence-electron chi connectivity index (χ1n) is 9.21. The SMILES string of the molecule is CCCNC(=O)CNC(=O)COC(=O)c1sc(-c2ccc(CC)cc2)nc1C. The number of carbonyl (C=O) groups is 3. The van der Waals surface area contributed by atoms with Crippen LogP contribution in [0, 0.1) is 6.92 Å². The third-order valence-electron chi connectivity index (χ3n) is 3.94. The number of hydrogen-bond acceptors (Lipinski definition) is 6. The van der Waals surface area contributed by atoms with Crippen molar-refractivity contribution in [3.8, 4) is 10.6 Å². The minimum absolute atomic E-state index is 0.145. The van der Waals surface area contributed by atoms with Crippen molar-refractivity contribution in [2.75, 3.05) is 19.7 Å². The maximum atomic E-state index is 12.3. The lowest BCUT2D eigenvalue weighted by Crippen LogP contribution is -2.38. The topological polar surface area (TPSA) is 97.4 Å². The summed E-state index contributed by atoms with van der Waals surface area (Å²) in [6, 6.07) is 8.02. The van der Waals surface area contributed by atoms with Gasteiger partial charge in [-0.05, 0) is 25.3 Å². The summed E-state index contributed by atoms with van der Waals surface area (Å²) in [5.41, 5.74) is 2.72. The van der Waals surface area contributed by atoms with Crippen LogP contribution in [0.15, 0.2) is 24.3 Å². The molecule has 0 saturated heterocycles. The number of aryl methyl sites for hydroxylation is 2. The molecule has 1 aromatic heterocycles. The van der Waals surface area contributed by atoms with Crippen molar-refractivity contribution >= 4 is 29.1 Å². The van der Waals surface area contributed by atoms with Crippen LogP contribution in [0.4, 0.5) is 0 Å². The molecular weight excluding hydrogens is 378 g/mol. The van der Waals surface area contributed by atoms with Crippen molar-refractivity contribution in [1.29, 1.82) is 0 Å². The lowest BCUT2D eigenvalue weighted by atomic mass is 10.1. The van der Waals surface area contributed by atoms with E-state index in [-0.39, 0.29) is 12.5 Å². The fraction of sp³-hybridized carbons (Fsp3) is 0.400. The van der Waals surface area contributed by atoms with E-state index in [4.69, 9.17) is 4.74 Å². The van der Waals surface area contributed by atoms with E-state index in [9.17, 15) is 14.4 Å². The Balaban J connectivity index is 1.89. The highest BCUT2D eigenvalue weighted by Gasteiger charge is 2.19. The molecule has 7 nitrogen and oxygen atoms in total. The van der Waals surface area contributed by atoms with Crippen LogP contribution in [0.1, 0.15) is 41.2 Å². The number of benzene rings is 1. The number of aromatic nitrogens is 1. The molecule has 2 rings (SSSR count). The first-order chi connectivity index (χ1) is 13.4. The van der Waals surface area contributed by atoms with Gasteiger partial charge < -0.3 is 15.4 Å². The highest BCUT2D eigenvalue weighted by molar-refractivity contribution is 7.17. The number of carbonyl (C=O) groups excluding carboxylic acids is 3. The highest BCUT2D eigenvalue weighted by Crippen LogP contribution is 2.28. The second-order valence-corrected chi connectivity index (χ2v) is 7.19. The molecule has 2 N–H and O–H groups in total. The van der Waals surface area contributed by atoms with E-state index in [0.717, 1.165) is 23.4 Å². The summed E-state index contributed by atoms with van der Waals surface area (Å²) in [7, 11) is 0. The third kappa shape index (κ3) is 6.16. The summed E-state index contributed by atoms with van der Waals surface area (Å²) in [5.74, 6) is -1.41. The zero-order chi connectivity index (χ0) is 20.5. The predicted molar refractivity (Wildman–Crippen MR) is 108 cm³/mol. The number of nitrogens with zero attached hydrogens (tertiary/aromatic N) is 1. The molecule has 28 heavy (non-hydrogen) atoms. The van der Waals surface area contributed by atoms with Gasteiger partial charge in [-0.2, -0.15) is 0 Å². The zero-order valence-electron chi connectivity index (χ0n) is 16.3. The van der Waals surface area contributed by atoms with Gasteiger partial charge >= 0.3 is 5.97 Å². The molecule has 0 radical (unpaired) electrons. The van der Waals surface area contributed by atoms with Crippen LogP contribution in [0.2, 0.25) is 0 Å². The van der Waals surface area contributed by atoms with Gasteiger partial charge in [0, 0.05) is 12.1 Å². The summed E-state index contributed by atoms with van der Waals surface area (Å²) in [5, 5.41) is 5.78. The molecule has 0 aliphatic rings. The summed E-state index contributed by atoms with van der Waals surface area (Å²) in [6.07, 6.45) is 1.77. The van der Waals surface area contributed by atoms with E-state index in [1.165, 1.54) is 16.9 Å². The van der Waals surface area contributed by atoms with Crippen molar-refractivity contribution in [3.05, 3.63) is 40.4 Å². The van der Waals surface area contributed by atoms with Crippen LogP contribution in [-0.2, 0) is 20.7 Å². The molecule has 0 unspecified atom stereocenters. The van der Waals surface area contributed by atoms with Gasteiger partial charge in [-0.1, -0.05) is 38.1 Å². The Morgan fingerprint density at radius 2 is 1.79 bits per heavy atom. The number of amides is 2. The van der Waals surface area contributed by atoms with E-state index in [2.05, 4.69) is 22.5 Å². The average Bonchev–Trinajstić information content (AvgIpc) is 3.10. The molecule has 0 spiro atoms. The van der Waals surface area contributed by atoms with Crippen molar-refractivity contribution < 1.29 is 19.1 Å². The Labute approximate surface area is 168 Å². The van der Waals surface area contributed by atoms with Crippen LogP contribution < -0.4 is 10.6 Å². The van der Waals surface area contributed by atoms with Gasteiger partial charge in [0.25, 0.3) is 5.91 Å². The molecule has 0 saturated carbocycles. The smallest absolute Gasteiger partial charge is 0.350 e. The van der Waals surface area contributed by atoms with Crippen molar-refractivity contribution in [2.45, 2.75) is 33.6 Å². The Hall–Kier alpha value is -2.74. The van der Waals surface area contributed by atoms with E-state index >= 15 is 0 Å². The van der Waals surface area contributed by atoms with Crippen LogP contribution in [0.25, 0.3) is 10.6 Å². The van der Waals surface area contributed by atoms with Crippen molar-refractivity contribution in [1.82, 2.24) is 15.6 Å². The lowest BCUT2D eigenvalue weighted by molar-refractivity contribution is -0.127. The summed E-state index contributed by atoms with van der Waals surface area (Å²) in [4.78, 5) is 40.3. The molecule has 0 bridgehead atoms. The number of hydrogen-bond donors (Lipinski definition) is 2. The third-order valence-corrected chi connectivity index (χ3v) is 5.13. The maximum absolute atomic E-state index is 12.3. The number of rotatable bonds is 9. The Morgan fingerprint density at radius 1 is 1.07 bits per heavy atom. The van der Waals surface area contributed by atoms with Crippen molar-refractivity contribution in [3.63, 3.8) is 0 Å². The second-order valence-electron chi connectivity index (χ2n) is 6.19. The molecule has 0 fully saturated rings. The van der Waals surface area contributed by atoms with Gasteiger partial charge in [0.15, 0.2) is 6.61 Å². The van der Waals surface area contributed by atoms with Gasteiger partial charge in [-0.25, -0.2) is 9.78 Å². The molecule has 150 valence electrons. The van der Waals surface area contributed by atoms with Gasteiger partial charge in [0.2, 0.25) is 5.91 Å². The number of ether oxygens (including phenoxy) is 1. The van der Waals surface area contributed by atoms with Gasteiger partial charge in [0.05, 0.1) is 12.2 Å². The van der Waals surface area contributed by atoms with E-state index in [1.54, 1.807) is 6.92 Å². The van der Waals surface area contributed by atoms with Gasteiger partial charge in [0.1, 0.15) is 9.88 Å². The Morgan fingerprint density at radius 3 is 2.43 bits per heavy atom. The van der Waals surface area contributed by atoms with Crippen LogP contribution in [-0.4, -0.2) is 42.5 Å². The number of thiazole rings is 1. The van der Waals surface area contributed by atoms with Crippen LogP contribution in [0.3, 0.4) is 0 Å².